The Morgan fingerprint density at radius 1 is 1.00 bits per heavy atom. The predicted molar refractivity (Wildman–Crippen MR) is 134 cm³/mol. The third-order valence-electron chi connectivity index (χ3n) is 7.41. The number of nitrogens with zero attached hydrogens (tertiary/aromatic N) is 1. The minimum Gasteiger partial charge on any atom is -0.501 e. The molecule has 0 bridgehead atoms. The average molecular weight is 493 g/mol. The van der Waals surface area contributed by atoms with Gasteiger partial charge in [-0.25, -0.2) is 9.59 Å². The van der Waals surface area contributed by atoms with E-state index in [1.165, 1.54) is 25.2 Å². The zero-order valence-electron chi connectivity index (χ0n) is 21.9. The van der Waals surface area contributed by atoms with E-state index in [4.69, 9.17) is 9.47 Å². The van der Waals surface area contributed by atoms with E-state index in [1.54, 1.807) is 0 Å². The number of hydrogen-bond acceptors (Lipinski definition) is 6. The summed E-state index contributed by atoms with van der Waals surface area (Å²) in [4.78, 5) is 38.3. The minimum absolute atomic E-state index is 0.115. The summed E-state index contributed by atoms with van der Waals surface area (Å²) in [6, 6.07) is -0.0859. The quantitative estimate of drug-likeness (QED) is 0.369. The van der Waals surface area contributed by atoms with Gasteiger partial charge in [0.15, 0.2) is 0 Å². The van der Waals surface area contributed by atoms with Crippen LogP contribution in [0, 0.1) is 11.3 Å². The summed E-state index contributed by atoms with van der Waals surface area (Å²) >= 11 is 0. The fourth-order valence-corrected chi connectivity index (χ4v) is 5.62. The Bertz CT molecular complexity index is 754. The normalized spacial score (nSPS) is 25.0. The molecule has 3 aliphatic rings. The summed E-state index contributed by atoms with van der Waals surface area (Å²) in [6.07, 6.45) is 10.8. The maximum Gasteiger partial charge on any atom is 0.407 e. The second kappa shape index (κ2) is 12.1. The number of rotatable bonds is 7. The van der Waals surface area contributed by atoms with E-state index < -0.39 is 17.5 Å². The van der Waals surface area contributed by atoms with Crippen LogP contribution in [0.1, 0.15) is 79.1 Å². The Morgan fingerprint density at radius 2 is 1.66 bits per heavy atom. The van der Waals surface area contributed by atoms with Crippen molar-refractivity contribution in [3.8, 4) is 0 Å². The Balaban J connectivity index is 1.28. The van der Waals surface area contributed by atoms with E-state index in [9.17, 15) is 14.4 Å². The van der Waals surface area contributed by atoms with Crippen molar-refractivity contribution in [2.45, 2.75) is 96.7 Å². The van der Waals surface area contributed by atoms with Crippen molar-refractivity contribution in [1.82, 2.24) is 20.9 Å². The monoisotopic (exact) mass is 492 g/mol. The van der Waals surface area contributed by atoms with Crippen molar-refractivity contribution in [3.63, 3.8) is 0 Å². The number of ether oxygens (including phenoxy) is 2. The Labute approximate surface area is 209 Å². The smallest absolute Gasteiger partial charge is 0.407 e. The van der Waals surface area contributed by atoms with Crippen molar-refractivity contribution in [3.05, 3.63) is 12.3 Å². The molecule has 3 rings (SSSR count). The third kappa shape index (κ3) is 9.02. The van der Waals surface area contributed by atoms with Gasteiger partial charge in [-0.05, 0) is 103 Å². The number of alkyl carbamates (subject to hydrolysis) is 1. The van der Waals surface area contributed by atoms with Gasteiger partial charge < -0.3 is 25.0 Å². The molecule has 3 fully saturated rings. The van der Waals surface area contributed by atoms with Crippen molar-refractivity contribution in [2.24, 2.45) is 11.3 Å². The SMILES string of the molecule is CCOC=CC(=O)NC(=O)N[C@H]1CC[C@H](CN2CCC3(CC2)CC(NC(=O)OC(C)(C)C)C3)CC1. The van der Waals surface area contributed by atoms with E-state index in [1.807, 2.05) is 27.7 Å². The number of hydrogen-bond donors (Lipinski definition) is 3. The molecule has 1 heterocycles. The van der Waals surface area contributed by atoms with Crippen LogP contribution in [0.2, 0.25) is 0 Å². The molecule has 3 N–H and O–H groups in total. The third-order valence-corrected chi connectivity index (χ3v) is 7.41. The van der Waals surface area contributed by atoms with Gasteiger partial charge in [0.1, 0.15) is 5.60 Å². The van der Waals surface area contributed by atoms with Crippen molar-refractivity contribution < 1.29 is 23.9 Å². The largest absolute Gasteiger partial charge is 0.501 e. The van der Waals surface area contributed by atoms with Crippen LogP contribution in [0.15, 0.2) is 12.3 Å². The summed E-state index contributed by atoms with van der Waals surface area (Å²) in [6.45, 7) is 11.3. The van der Waals surface area contributed by atoms with Gasteiger partial charge in [-0.1, -0.05) is 0 Å². The molecule has 0 radical (unpaired) electrons. The lowest BCUT2D eigenvalue weighted by molar-refractivity contribution is -0.115. The van der Waals surface area contributed by atoms with E-state index in [2.05, 4.69) is 20.9 Å². The molecule has 1 saturated heterocycles. The van der Waals surface area contributed by atoms with Gasteiger partial charge in [-0.15, -0.1) is 0 Å². The molecule has 198 valence electrons. The first kappa shape index (κ1) is 27.3. The average Bonchev–Trinajstić information content (AvgIpc) is 2.74. The fourth-order valence-electron chi connectivity index (χ4n) is 5.62. The molecule has 4 amide bonds. The van der Waals surface area contributed by atoms with Crippen LogP contribution < -0.4 is 16.0 Å². The van der Waals surface area contributed by atoms with E-state index in [0.29, 0.717) is 17.9 Å². The van der Waals surface area contributed by atoms with Crippen molar-refractivity contribution in [1.29, 1.82) is 0 Å². The number of likely N-dealkylation sites (tertiary alicyclic amines) is 1. The van der Waals surface area contributed by atoms with E-state index >= 15 is 0 Å². The first-order chi connectivity index (χ1) is 16.6. The fraction of sp³-hybridized carbons (Fsp3) is 0.808. The first-order valence-corrected chi connectivity index (χ1v) is 13.2. The van der Waals surface area contributed by atoms with Crippen LogP contribution in [0.5, 0.6) is 0 Å². The predicted octanol–water partition coefficient (Wildman–Crippen LogP) is 3.69. The summed E-state index contributed by atoms with van der Waals surface area (Å²) in [5.41, 5.74) is -0.0702. The zero-order valence-corrected chi connectivity index (χ0v) is 21.9. The van der Waals surface area contributed by atoms with E-state index in [0.717, 1.165) is 58.2 Å². The first-order valence-electron chi connectivity index (χ1n) is 13.2. The Morgan fingerprint density at radius 3 is 2.26 bits per heavy atom. The van der Waals surface area contributed by atoms with Crippen LogP contribution in [0.3, 0.4) is 0 Å². The lowest BCUT2D eigenvalue weighted by Gasteiger charge is -2.52. The molecule has 0 aromatic carbocycles. The highest BCUT2D eigenvalue weighted by atomic mass is 16.6. The number of piperidine rings is 1. The summed E-state index contributed by atoms with van der Waals surface area (Å²) < 4.78 is 10.3. The topological polar surface area (TPSA) is 109 Å². The van der Waals surface area contributed by atoms with Gasteiger partial charge in [0.25, 0.3) is 5.91 Å². The maximum absolute atomic E-state index is 12.0. The summed E-state index contributed by atoms with van der Waals surface area (Å²) in [5, 5.41) is 8.26. The number of carbonyl (C=O) groups is 3. The van der Waals surface area contributed by atoms with Crippen LogP contribution in [0.4, 0.5) is 9.59 Å². The lowest BCUT2D eigenvalue weighted by Crippen LogP contribution is -2.55. The highest BCUT2D eigenvalue weighted by molar-refractivity contribution is 6.00. The molecular formula is C26H44N4O5. The minimum atomic E-state index is -0.481. The van der Waals surface area contributed by atoms with Crippen LogP contribution in [-0.2, 0) is 14.3 Å². The van der Waals surface area contributed by atoms with Gasteiger partial charge in [0.05, 0.1) is 12.9 Å². The summed E-state index contributed by atoms with van der Waals surface area (Å²) in [7, 11) is 0. The van der Waals surface area contributed by atoms with Gasteiger partial charge >= 0.3 is 12.1 Å². The summed E-state index contributed by atoms with van der Waals surface area (Å²) in [5.74, 6) is 0.176. The molecular weight excluding hydrogens is 448 g/mol. The number of amides is 4. The number of carbonyl (C=O) groups excluding carboxylic acids is 3. The Kier molecular flexibility index (Phi) is 9.44. The molecule has 0 atom stereocenters. The van der Waals surface area contributed by atoms with Gasteiger partial charge in [0, 0.05) is 24.7 Å². The lowest BCUT2D eigenvalue weighted by atomic mass is 9.60. The van der Waals surface area contributed by atoms with Gasteiger partial charge in [-0.2, -0.15) is 0 Å². The Hall–Kier alpha value is -2.29. The van der Waals surface area contributed by atoms with Crippen molar-refractivity contribution in [2.75, 3.05) is 26.2 Å². The van der Waals surface area contributed by atoms with Crippen LogP contribution in [-0.4, -0.2) is 66.9 Å². The molecule has 1 aliphatic heterocycles. The van der Waals surface area contributed by atoms with Crippen LogP contribution in [0.25, 0.3) is 0 Å². The maximum atomic E-state index is 12.0. The molecule has 0 unspecified atom stereocenters. The van der Waals surface area contributed by atoms with Crippen molar-refractivity contribution >= 4 is 18.0 Å². The van der Waals surface area contributed by atoms with E-state index in [-0.39, 0.29) is 18.2 Å². The van der Waals surface area contributed by atoms with Gasteiger partial charge in [-0.3, -0.25) is 10.1 Å². The molecule has 2 aliphatic carbocycles. The zero-order chi connectivity index (χ0) is 25.5. The van der Waals surface area contributed by atoms with Crippen LogP contribution >= 0.6 is 0 Å². The molecule has 0 aromatic rings. The van der Waals surface area contributed by atoms with Gasteiger partial charge in [0.2, 0.25) is 0 Å². The standard InChI is InChI=1S/C26H44N4O5/c1-5-34-15-10-22(31)29-23(32)27-20-8-6-19(7-9-20)18-30-13-11-26(12-14-30)16-21(17-26)28-24(33)35-25(2,3)4/h10,15,19-21H,5-9,11-14,16-18H2,1-4H3,(H,28,33)(H2,27,29,31,32)/t19-,20-. The molecule has 2 saturated carbocycles. The molecule has 9 nitrogen and oxygen atoms in total. The second-order valence-corrected chi connectivity index (χ2v) is 11.5. The molecule has 0 aromatic heterocycles. The highest BCUT2D eigenvalue weighted by Gasteiger charge is 2.46. The molecule has 35 heavy (non-hydrogen) atoms. The molecule has 9 heteroatoms. The number of urea groups is 1. The second-order valence-electron chi connectivity index (χ2n) is 11.5. The number of nitrogens with one attached hydrogen (secondary N) is 3. The highest BCUT2D eigenvalue weighted by Crippen LogP contribution is 2.49. The number of imide groups is 1. The molecule has 1 spiro atoms.